The summed E-state index contributed by atoms with van der Waals surface area (Å²) in [6.45, 7) is 2.07. The molecular formula is C25H29ClN4O5. The second-order valence-electron chi connectivity index (χ2n) is 8.47. The number of anilines is 1. The highest BCUT2D eigenvalue weighted by Crippen LogP contribution is 2.33. The number of amides is 3. The summed E-state index contributed by atoms with van der Waals surface area (Å²) in [5, 5.41) is 6.04. The third-order valence-corrected chi connectivity index (χ3v) is 6.51. The molecule has 10 heteroatoms. The number of hydrogen-bond donors (Lipinski definition) is 3. The molecule has 1 aliphatic rings. The molecule has 1 saturated heterocycles. The molecule has 0 unspecified atom stereocenters. The van der Waals surface area contributed by atoms with Crippen molar-refractivity contribution >= 4 is 41.0 Å². The Balaban J connectivity index is 1.66. The van der Waals surface area contributed by atoms with Gasteiger partial charge in [0, 0.05) is 35.9 Å². The van der Waals surface area contributed by atoms with Gasteiger partial charge in [0.1, 0.15) is 6.61 Å². The van der Waals surface area contributed by atoms with Crippen LogP contribution in [0.15, 0.2) is 48.5 Å². The minimum Gasteiger partial charge on any atom is -0.448 e. The first-order valence-electron chi connectivity index (χ1n) is 11.3. The predicted octanol–water partition coefficient (Wildman–Crippen LogP) is 2.98. The van der Waals surface area contributed by atoms with E-state index in [0.29, 0.717) is 42.2 Å². The molecule has 1 fully saturated rings. The van der Waals surface area contributed by atoms with Crippen LogP contribution in [0.1, 0.15) is 35.7 Å². The van der Waals surface area contributed by atoms with E-state index < -0.39 is 11.5 Å². The van der Waals surface area contributed by atoms with Crippen molar-refractivity contribution < 1.29 is 23.9 Å². The Bertz CT molecular complexity index is 1080. The van der Waals surface area contributed by atoms with E-state index in [1.165, 1.54) is 6.92 Å². The van der Waals surface area contributed by atoms with Gasteiger partial charge in [0.25, 0.3) is 0 Å². The molecular weight excluding hydrogens is 472 g/mol. The molecule has 1 heterocycles. The Hall–Kier alpha value is -3.43. The van der Waals surface area contributed by atoms with Crippen LogP contribution in [-0.4, -0.2) is 54.8 Å². The first kappa shape index (κ1) is 26.2. The van der Waals surface area contributed by atoms with Crippen molar-refractivity contribution in [1.29, 1.82) is 0 Å². The fourth-order valence-corrected chi connectivity index (χ4v) is 4.10. The monoisotopic (exact) mass is 500 g/mol. The molecule has 2 aromatic carbocycles. The number of piperidine rings is 1. The highest BCUT2D eigenvalue weighted by molar-refractivity contribution is 6.31. The average molecular weight is 501 g/mol. The van der Waals surface area contributed by atoms with Crippen molar-refractivity contribution in [3.05, 3.63) is 64.7 Å². The molecule has 4 N–H and O–H groups in total. The van der Waals surface area contributed by atoms with Gasteiger partial charge in [0.05, 0.1) is 12.0 Å². The van der Waals surface area contributed by atoms with Gasteiger partial charge in [-0.3, -0.25) is 19.7 Å². The van der Waals surface area contributed by atoms with Crippen molar-refractivity contribution in [2.75, 3.05) is 31.6 Å². The second-order valence-corrected chi connectivity index (χ2v) is 8.88. The van der Waals surface area contributed by atoms with Gasteiger partial charge < -0.3 is 20.7 Å². The van der Waals surface area contributed by atoms with Gasteiger partial charge in [-0.1, -0.05) is 29.8 Å². The molecule has 9 nitrogen and oxygen atoms in total. The van der Waals surface area contributed by atoms with Gasteiger partial charge in [-0.2, -0.15) is 0 Å². The third kappa shape index (κ3) is 6.80. The van der Waals surface area contributed by atoms with Crippen LogP contribution in [0.5, 0.6) is 0 Å². The molecule has 0 aliphatic carbocycles. The van der Waals surface area contributed by atoms with Gasteiger partial charge in [0.2, 0.25) is 11.8 Å². The van der Waals surface area contributed by atoms with Gasteiger partial charge in [-0.25, -0.2) is 4.79 Å². The van der Waals surface area contributed by atoms with E-state index in [0.717, 1.165) is 5.56 Å². The Morgan fingerprint density at radius 2 is 1.71 bits per heavy atom. The summed E-state index contributed by atoms with van der Waals surface area (Å²) < 4.78 is 5.45. The zero-order valence-electron chi connectivity index (χ0n) is 19.5. The number of halogens is 1. The number of nitrogens with zero attached hydrogens (tertiary/aromatic N) is 1. The standard InChI is InChI=1S/C25H29ClN4O5/c1-17(31)18-6-8-20(9-7-18)29-24(34)35-16-25(10-12-30(13-11-25)22(32)14-27)23(33)28-15-19-4-2-3-5-21(19)26/h2-9H,10-16,27H2,1H3,(H,28,33)(H,29,34). The van der Waals surface area contributed by atoms with Crippen LogP contribution >= 0.6 is 11.6 Å². The maximum Gasteiger partial charge on any atom is 0.411 e. The molecule has 1 aliphatic heterocycles. The molecule has 0 spiro atoms. The molecule has 0 atom stereocenters. The first-order chi connectivity index (χ1) is 16.7. The number of nitrogens with one attached hydrogen (secondary N) is 2. The lowest BCUT2D eigenvalue weighted by molar-refractivity contribution is -0.142. The first-order valence-corrected chi connectivity index (χ1v) is 11.7. The number of benzene rings is 2. The van der Waals surface area contributed by atoms with Gasteiger partial charge >= 0.3 is 6.09 Å². The molecule has 186 valence electrons. The van der Waals surface area contributed by atoms with Crippen molar-refractivity contribution in [1.82, 2.24) is 10.2 Å². The minimum atomic E-state index is -1.01. The zero-order valence-corrected chi connectivity index (χ0v) is 20.3. The van der Waals surface area contributed by atoms with Crippen LogP contribution in [0.4, 0.5) is 10.5 Å². The molecule has 3 rings (SSSR count). The van der Waals surface area contributed by atoms with E-state index in [-0.39, 0.29) is 37.3 Å². The quantitative estimate of drug-likeness (QED) is 0.477. The van der Waals surface area contributed by atoms with Crippen LogP contribution < -0.4 is 16.4 Å². The van der Waals surface area contributed by atoms with Gasteiger partial charge in [-0.15, -0.1) is 0 Å². The average Bonchev–Trinajstić information content (AvgIpc) is 2.87. The molecule has 3 amide bonds. The van der Waals surface area contributed by atoms with E-state index in [2.05, 4.69) is 10.6 Å². The lowest BCUT2D eigenvalue weighted by Gasteiger charge is -2.40. The van der Waals surface area contributed by atoms with Crippen LogP contribution in [0.25, 0.3) is 0 Å². The number of rotatable bonds is 8. The largest absolute Gasteiger partial charge is 0.448 e. The Morgan fingerprint density at radius 3 is 2.31 bits per heavy atom. The fraction of sp³-hybridized carbons (Fsp3) is 0.360. The number of ketones is 1. The SMILES string of the molecule is CC(=O)c1ccc(NC(=O)OCC2(C(=O)NCc3ccccc3Cl)CCN(C(=O)CN)CC2)cc1. The molecule has 0 aromatic heterocycles. The number of carbonyl (C=O) groups excluding carboxylic acids is 4. The molecule has 35 heavy (non-hydrogen) atoms. The van der Waals surface area contributed by atoms with Crippen LogP contribution in [0, 0.1) is 5.41 Å². The fourth-order valence-electron chi connectivity index (χ4n) is 3.90. The van der Waals surface area contributed by atoms with E-state index in [1.807, 2.05) is 12.1 Å². The maximum absolute atomic E-state index is 13.3. The van der Waals surface area contributed by atoms with Gasteiger partial charge in [0.15, 0.2) is 5.78 Å². The number of ether oxygens (including phenoxy) is 1. The topological polar surface area (TPSA) is 131 Å². The third-order valence-electron chi connectivity index (χ3n) is 6.14. The summed E-state index contributed by atoms with van der Waals surface area (Å²) in [7, 11) is 0. The number of Topliss-reactive ketones (excluding diaryl/α,β-unsaturated/α-hetero) is 1. The molecule has 2 aromatic rings. The normalized spacial score (nSPS) is 14.7. The van der Waals surface area contributed by atoms with E-state index in [1.54, 1.807) is 41.3 Å². The number of nitrogens with two attached hydrogens (primary N) is 1. The minimum absolute atomic E-state index is 0.0802. The number of hydrogen-bond acceptors (Lipinski definition) is 6. The van der Waals surface area contributed by atoms with E-state index in [9.17, 15) is 19.2 Å². The van der Waals surface area contributed by atoms with E-state index in [4.69, 9.17) is 22.1 Å². The number of likely N-dealkylation sites (tertiary alicyclic amines) is 1. The Morgan fingerprint density at radius 1 is 1.06 bits per heavy atom. The summed E-state index contributed by atoms with van der Waals surface area (Å²) in [6.07, 6.45) is -0.0965. The van der Waals surface area contributed by atoms with Crippen molar-refractivity contribution in [3.63, 3.8) is 0 Å². The zero-order chi connectivity index (χ0) is 25.4. The summed E-state index contributed by atoms with van der Waals surface area (Å²) >= 11 is 6.20. The van der Waals surface area contributed by atoms with Crippen LogP contribution in [0.2, 0.25) is 5.02 Å². The van der Waals surface area contributed by atoms with E-state index >= 15 is 0 Å². The van der Waals surface area contributed by atoms with Gasteiger partial charge in [-0.05, 0) is 55.7 Å². The molecule has 0 radical (unpaired) electrons. The Kier molecular flexibility index (Phi) is 8.84. The highest BCUT2D eigenvalue weighted by Gasteiger charge is 2.43. The highest BCUT2D eigenvalue weighted by atomic mass is 35.5. The van der Waals surface area contributed by atoms with Crippen LogP contribution in [-0.2, 0) is 20.9 Å². The Labute approximate surface area is 208 Å². The molecule has 0 bridgehead atoms. The van der Waals surface area contributed by atoms with Crippen molar-refractivity contribution in [2.24, 2.45) is 11.1 Å². The summed E-state index contributed by atoms with van der Waals surface area (Å²) in [4.78, 5) is 50.8. The lowest BCUT2D eigenvalue weighted by Crippen LogP contribution is -2.53. The molecule has 0 saturated carbocycles. The summed E-state index contributed by atoms with van der Waals surface area (Å²) in [5.74, 6) is -0.554. The van der Waals surface area contributed by atoms with Crippen molar-refractivity contribution in [2.45, 2.75) is 26.3 Å². The van der Waals surface area contributed by atoms with Crippen molar-refractivity contribution in [3.8, 4) is 0 Å². The summed E-state index contributed by atoms with van der Waals surface area (Å²) in [6, 6.07) is 13.6. The lowest BCUT2D eigenvalue weighted by atomic mass is 9.78. The smallest absolute Gasteiger partial charge is 0.411 e. The van der Waals surface area contributed by atoms with Crippen LogP contribution in [0.3, 0.4) is 0 Å². The second kappa shape index (κ2) is 11.8. The predicted molar refractivity (Wildman–Crippen MR) is 132 cm³/mol. The summed E-state index contributed by atoms with van der Waals surface area (Å²) in [5.41, 5.74) is 6.21. The maximum atomic E-state index is 13.3. The number of carbonyl (C=O) groups is 4.